The lowest BCUT2D eigenvalue weighted by molar-refractivity contribution is 0.0950. The van der Waals surface area contributed by atoms with Gasteiger partial charge in [0.05, 0.1) is 25.3 Å². The van der Waals surface area contributed by atoms with E-state index in [1.165, 1.54) is 36.5 Å². The van der Waals surface area contributed by atoms with E-state index < -0.39 is 5.91 Å². The third-order valence-electron chi connectivity index (χ3n) is 4.14. The number of amides is 1. The van der Waals surface area contributed by atoms with E-state index in [0.29, 0.717) is 22.8 Å². The predicted molar refractivity (Wildman–Crippen MR) is 112 cm³/mol. The number of ether oxygens (including phenoxy) is 2. The molecule has 31 heavy (non-hydrogen) atoms. The summed E-state index contributed by atoms with van der Waals surface area (Å²) >= 11 is 1.39. The van der Waals surface area contributed by atoms with Gasteiger partial charge in [-0.25, -0.2) is 10.1 Å². The number of para-hydroxylation sites is 1. The van der Waals surface area contributed by atoms with E-state index in [0.717, 1.165) is 4.88 Å². The van der Waals surface area contributed by atoms with Gasteiger partial charge in [0.1, 0.15) is 5.69 Å². The number of nitrogens with one attached hydrogen (secondary N) is 1. The van der Waals surface area contributed by atoms with Crippen LogP contribution < -0.4 is 20.6 Å². The molecule has 0 bridgehead atoms. The fourth-order valence-corrected chi connectivity index (χ4v) is 3.54. The Bertz CT molecular complexity index is 1230. The maximum atomic E-state index is 12.8. The number of nitrogen functional groups attached to an aromatic ring is 1. The number of nitrogens with zero attached hydrogens (tertiary/aromatic N) is 6. The third kappa shape index (κ3) is 3.81. The van der Waals surface area contributed by atoms with Crippen LogP contribution in [0.3, 0.4) is 0 Å². The largest absolute Gasteiger partial charge is 0.493 e. The highest BCUT2D eigenvalue weighted by molar-refractivity contribution is 7.13. The molecule has 13 heteroatoms. The summed E-state index contributed by atoms with van der Waals surface area (Å²) in [4.78, 5) is 13.5. The number of anilines is 1. The van der Waals surface area contributed by atoms with Crippen LogP contribution in [-0.2, 0) is 0 Å². The van der Waals surface area contributed by atoms with Crippen molar-refractivity contribution in [2.45, 2.75) is 0 Å². The molecule has 0 radical (unpaired) electrons. The Morgan fingerprint density at radius 2 is 2.13 bits per heavy atom. The van der Waals surface area contributed by atoms with E-state index in [9.17, 15) is 4.79 Å². The number of hydrogen-bond donors (Lipinski definition) is 2. The summed E-state index contributed by atoms with van der Waals surface area (Å²) in [6, 6.07) is 8.94. The number of hydrogen-bond acceptors (Lipinski definition) is 11. The van der Waals surface area contributed by atoms with Crippen LogP contribution in [0.1, 0.15) is 16.1 Å². The van der Waals surface area contributed by atoms with Gasteiger partial charge in [-0.15, -0.1) is 16.4 Å². The van der Waals surface area contributed by atoms with Gasteiger partial charge in [0, 0.05) is 5.56 Å². The number of aromatic nitrogens is 5. The molecule has 1 aromatic carbocycles. The van der Waals surface area contributed by atoms with Crippen LogP contribution in [0, 0.1) is 0 Å². The van der Waals surface area contributed by atoms with Gasteiger partial charge in [0.25, 0.3) is 5.91 Å². The number of methoxy groups -OCH3 is 2. The quantitative estimate of drug-likeness (QED) is 0.323. The lowest BCUT2D eigenvalue weighted by Gasteiger charge is -2.09. The molecule has 12 nitrogen and oxygen atoms in total. The molecule has 0 aliphatic carbocycles. The zero-order valence-corrected chi connectivity index (χ0v) is 17.2. The first-order valence-electron chi connectivity index (χ1n) is 8.76. The molecule has 0 spiro atoms. The zero-order valence-electron chi connectivity index (χ0n) is 16.3. The normalized spacial score (nSPS) is 11.0. The van der Waals surface area contributed by atoms with Crippen LogP contribution in [-0.4, -0.2) is 51.6 Å². The first kappa shape index (κ1) is 20.0. The Labute approximate surface area is 179 Å². The number of carbonyl (C=O) groups excluding carboxylic acids is 1. The summed E-state index contributed by atoms with van der Waals surface area (Å²) in [6.45, 7) is 0. The number of carbonyl (C=O) groups is 1. The Kier molecular flexibility index (Phi) is 5.57. The minimum atomic E-state index is -0.581. The second-order valence-electron chi connectivity index (χ2n) is 5.93. The van der Waals surface area contributed by atoms with E-state index >= 15 is 0 Å². The van der Waals surface area contributed by atoms with Crippen molar-refractivity contribution in [2.75, 3.05) is 20.0 Å². The molecular formula is C18H16N8O4S. The molecular weight excluding hydrogens is 424 g/mol. The van der Waals surface area contributed by atoms with E-state index in [4.69, 9.17) is 15.2 Å². The predicted octanol–water partition coefficient (Wildman–Crippen LogP) is 1.74. The van der Waals surface area contributed by atoms with Crippen LogP contribution in [0.4, 0.5) is 5.82 Å². The molecule has 158 valence electrons. The lowest BCUT2D eigenvalue weighted by Crippen LogP contribution is -2.19. The summed E-state index contributed by atoms with van der Waals surface area (Å²) in [5, 5.41) is 21.1. The lowest BCUT2D eigenvalue weighted by atomic mass is 10.2. The molecule has 1 amide bonds. The first-order chi connectivity index (χ1) is 15.1. The topological polar surface area (TPSA) is 156 Å². The van der Waals surface area contributed by atoms with E-state index in [1.54, 1.807) is 18.2 Å². The fraction of sp³-hybridized carbons (Fsp3) is 0.111. The highest BCUT2D eigenvalue weighted by Crippen LogP contribution is 2.30. The summed E-state index contributed by atoms with van der Waals surface area (Å²) in [6.07, 6.45) is 1.44. The second kappa shape index (κ2) is 8.62. The van der Waals surface area contributed by atoms with Crippen molar-refractivity contribution < 1.29 is 18.9 Å². The van der Waals surface area contributed by atoms with Crippen LogP contribution in [0.25, 0.3) is 16.4 Å². The number of nitrogens with two attached hydrogens (primary N) is 1. The van der Waals surface area contributed by atoms with Gasteiger partial charge >= 0.3 is 0 Å². The van der Waals surface area contributed by atoms with Crippen molar-refractivity contribution in [3.05, 3.63) is 47.0 Å². The Morgan fingerprint density at radius 1 is 1.26 bits per heavy atom. The highest BCUT2D eigenvalue weighted by atomic mass is 32.1. The first-order valence-corrected chi connectivity index (χ1v) is 9.64. The Hall–Kier alpha value is -4.26. The summed E-state index contributed by atoms with van der Waals surface area (Å²) in [5.74, 6) is 0.585. The van der Waals surface area contributed by atoms with Gasteiger partial charge in [-0.1, -0.05) is 17.3 Å². The van der Waals surface area contributed by atoms with E-state index in [-0.39, 0.29) is 17.3 Å². The average molecular weight is 440 g/mol. The average Bonchev–Trinajstić information content (AvgIpc) is 3.53. The minimum absolute atomic E-state index is 0.0119. The molecule has 0 saturated carbocycles. The van der Waals surface area contributed by atoms with Crippen molar-refractivity contribution in [3.63, 3.8) is 0 Å². The van der Waals surface area contributed by atoms with Gasteiger partial charge in [0.2, 0.25) is 11.6 Å². The number of hydrazone groups is 1. The van der Waals surface area contributed by atoms with Gasteiger partial charge in [0.15, 0.2) is 17.2 Å². The van der Waals surface area contributed by atoms with Gasteiger partial charge < -0.3 is 15.2 Å². The molecule has 0 aliphatic heterocycles. The summed E-state index contributed by atoms with van der Waals surface area (Å²) < 4.78 is 16.5. The van der Waals surface area contributed by atoms with E-state index in [2.05, 4.69) is 35.8 Å². The highest BCUT2D eigenvalue weighted by Gasteiger charge is 2.25. The van der Waals surface area contributed by atoms with Gasteiger partial charge in [-0.3, -0.25) is 4.79 Å². The molecule has 3 N–H and O–H groups in total. The molecule has 4 aromatic rings. The molecule has 0 unspecified atom stereocenters. The fourth-order valence-electron chi connectivity index (χ4n) is 2.78. The summed E-state index contributed by atoms with van der Waals surface area (Å²) in [5.41, 5.74) is 9.24. The van der Waals surface area contributed by atoms with Crippen LogP contribution in [0.5, 0.6) is 11.5 Å². The molecule has 3 aromatic heterocycles. The van der Waals surface area contributed by atoms with Crippen molar-refractivity contribution in [1.82, 2.24) is 30.7 Å². The molecule has 0 aliphatic rings. The van der Waals surface area contributed by atoms with Crippen molar-refractivity contribution in [1.29, 1.82) is 0 Å². The van der Waals surface area contributed by atoms with Crippen LogP contribution in [0.2, 0.25) is 0 Å². The maximum Gasteiger partial charge on any atom is 0.294 e. The maximum absolute atomic E-state index is 12.8. The van der Waals surface area contributed by atoms with Gasteiger partial charge in [-0.05, 0) is 33.9 Å². The van der Waals surface area contributed by atoms with Crippen LogP contribution >= 0.6 is 11.3 Å². The monoisotopic (exact) mass is 440 g/mol. The van der Waals surface area contributed by atoms with Crippen molar-refractivity contribution in [3.8, 4) is 27.9 Å². The SMILES string of the molecule is COc1cccc(C=NNC(=O)c2nnn(-c3nonc3N)c2-c2cccs2)c1OC. The van der Waals surface area contributed by atoms with Crippen molar-refractivity contribution >= 4 is 29.3 Å². The Morgan fingerprint density at radius 3 is 2.81 bits per heavy atom. The zero-order chi connectivity index (χ0) is 21.8. The number of thiophene rings is 1. The smallest absolute Gasteiger partial charge is 0.294 e. The summed E-state index contributed by atoms with van der Waals surface area (Å²) in [7, 11) is 3.05. The minimum Gasteiger partial charge on any atom is -0.493 e. The Balaban J connectivity index is 1.64. The standard InChI is InChI=1S/C18H16N8O4S/c1-28-11-6-3-5-10(15(11)29-2)9-20-22-18(27)13-14(12-7-4-8-31-12)26(25-21-13)17-16(19)23-30-24-17/h3-9H,1-2H3,(H2,19,23)(H,22,27). The molecule has 0 saturated heterocycles. The van der Waals surface area contributed by atoms with Crippen molar-refractivity contribution in [2.24, 2.45) is 5.10 Å². The van der Waals surface area contributed by atoms with E-state index in [1.807, 2.05) is 17.5 Å². The second-order valence-corrected chi connectivity index (χ2v) is 6.88. The molecule has 0 atom stereocenters. The molecule has 0 fully saturated rings. The molecule has 3 heterocycles. The number of rotatable bonds is 7. The van der Waals surface area contributed by atoms with Crippen LogP contribution in [0.15, 0.2) is 45.4 Å². The molecule has 4 rings (SSSR count). The third-order valence-corrected chi connectivity index (χ3v) is 5.02. The number of benzene rings is 1. The van der Waals surface area contributed by atoms with Gasteiger partial charge in [-0.2, -0.15) is 9.78 Å².